The van der Waals surface area contributed by atoms with Gasteiger partial charge in [-0.05, 0) is 24.3 Å². The lowest BCUT2D eigenvalue weighted by Crippen LogP contribution is -2.59. The second-order valence-electron chi connectivity index (χ2n) is 10.2. The molecule has 2 fully saturated rings. The van der Waals surface area contributed by atoms with Crippen LogP contribution in [0.2, 0.25) is 0 Å². The van der Waals surface area contributed by atoms with Crippen molar-refractivity contribution < 1.29 is 74.7 Å². The van der Waals surface area contributed by atoms with Crippen molar-refractivity contribution in [2.24, 2.45) is 0 Å². The lowest BCUT2D eigenvalue weighted by molar-refractivity contribution is -0.292. The number of hydrogen-bond donors (Lipinski definition) is 10. The third-order valence-electron chi connectivity index (χ3n) is 7.32. The molecule has 0 bridgehead atoms. The fraction of sp³-hybridized carbons (Fsp3) is 0.481. The molecule has 42 heavy (non-hydrogen) atoms. The van der Waals surface area contributed by atoms with Gasteiger partial charge < -0.3 is 74.7 Å². The van der Waals surface area contributed by atoms with Crippen LogP contribution in [0.1, 0.15) is 5.56 Å². The van der Waals surface area contributed by atoms with Crippen LogP contribution in [0.3, 0.4) is 0 Å². The van der Waals surface area contributed by atoms with Crippen molar-refractivity contribution in [3.8, 4) is 5.75 Å². The smallest absolute Gasteiger partial charge is 0.305 e. The summed E-state index contributed by atoms with van der Waals surface area (Å²) in [5, 5.41) is 101. The maximum atomic E-state index is 10.6. The van der Waals surface area contributed by atoms with Crippen LogP contribution in [0, 0.1) is 0 Å². The average Bonchev–Trinajstić information content (AvgIpc) is 2.98. The van der Waals surface area contributed by atoms with Crippen molar-refractivity contribution in [3.05, 3.63) is 70.9 Å². The van der Waals surface area contributed by atoms with E-state index < -0.39 is 80.7 Å². The fourth-order valence-corrected chi connectivity index (χ4v) is 4.95. The van der Waals surface area contributed by atoms with E-state index in [2.05, 4.69) is 4.74 Å². The van der Waals surface area contributed by atoms with E-state index in [1.54, 1.807) is 0 Å². The largest absolute Gasteiger partial charge is 0.571 e. The zero-order chi connectivity index (χ0) is 30.3. The van der Waals surface area contributed by atoms with Gasteiger partial charge in [-0.1, -0.05) is 0 Å². The maximum Gasteiger partial charge on any atom is 0.305 e. The van der Waals surface area contributed by atoms with Gasteiger partial charge in [-0.3, -0.25) is 0 Å². The highest BCUT2D eigenvalue weighted by Gasteiger charge is 2.48. The van der Waals surface area contributed by atoms with Gasteiger partial charge >= 0.3 is 5.76 Å². The lowest BCUT2D eigenvalue weighted by atomic mass is 9.96. The van der Waals surface area contributed by atoms with Crippen molar-refractivity contribution in [1.29, 1.82) is 0 Å². The Morgan fingerprint density at radius 1 is 0.690 bits per heavy atom. The number of aliphatic hydroxyl groups is 11. The van der Waals surface area contributed by atoms with E-state index in [4.69, 9.17) is 18.9 Å². The van der Waals surface area contributed by atoms with Crippen LogP contribution in [0.25, 0.3) is 5.76 Å². The number of rotatable bonds is 7. The number of aliphatic hydroxyl groups excluding tert-OH is 9. The first-order chi connectivity index (χ1) is 20.0. The molecule has 11 N–H and O–H groups in total. The van der Waals surface area contributed by atoms with Gasteiger partial charge in [0.25, 0.3) is 0 Å². The topological polar surface area (TPSA) is 252 Å². The molecule has 15 heteroatoms. The second kappa shape index (κ2) is 12.2. The Morgan fingerprint density at radius 2 is 1.24 bits per heavy atom. The van der Waals surface area contributed by atoms with Crippen LogP contribution in [-0.2, 0) is 18.9 Å². The Balaban J connectivity index is 1.51. The molecule has 0 spiro atoms. The molecule has 0 amide bonds. The van der Waals surface area contributed by atoms with E-state index in [9.17, 15) is 51.1 Å². The average molecular weight is 598 g/mol. The third-order valence-corrected chi connectivity index (χ3v) is 7.32. The molecular formula is C27H33O15+. The molecule has 3 heterocycles. The van der Waals surface area contributed by atoms with Gasteiger partial charge in [-0.15, -0.1) is 0 Å². The van der Waals surface area contributed by atoms with Crippen molar-refractivity contribution in [2.75, 3.05) is 13.2 Å². The van der Waals surface area contributed by atoms with E-state index in [1.165, 1.54) is 42.5 Å². The van der Waals surface area contributed by atoms with Crippen LogP contribution in [0.15, 0.2) is 65.3 Å². The summed E-state index contributed by atoms with van der Waals surface area (Å²) in [5.41, 5.74) is 0.674. The highest BCUT2D eigenvalue weighted by atomic mass is 16.7. The predicted octanol–water partition coefficient (Wildman–Crippen LogP) is -3.13. The van der Waals surface area contributed by atoms with Gasteiger partial charge in [-0.25, -0.2) is 0 Å². The summed E-state index contributed by atoms with van der Waals surface area (Å²) in [7, 11) is 0. The number of allylic oxidation sites excluding steroid dienone is 2. The highest BCUT2D eigenvalue weighted by Crippen LogP contribution is 2.39. The van der Waals surface area contributed by atoms with E-state index in [-0.39, 0.29) is 34.4 Å². The predicted molar refractivity (Wildman–Crippen MR) is 138 cm³/mol. The monoisotopic (exact) mass is 597 g/mol. The minimum absolute atomic E-state index is 0.0313. The summed E-state index contributed by atoms with van der Waals surface area (Å²) in [4.78, 5) is 0. The van der Waals surface area contributed by atoms with E-state index in [0.29, 0.717) is 5.56 Å². The van der Waals surface area contributed by atoms with Crippen LogP contribution in [0.5, 0.6) is 5.75 Å². The zero-order valence-corrected chi connectivity index (χ0v) is 21.9. The van der Waals surface area contributed by atoms with Crippen LogP contribution >= 0.6 is 0 Å². The Hall–Kier alpha value is -3.22. The molecule has 0 radical (unpaired) electrons. The lowest BCUT2D eigenvalue weighted by Gasteiger charge is -2.41. The molecule has 1 unspecified atom stereocenters. The van der Waals surface area contributed by atoms with Gasteiger partial charge in [0.15, 0.2) is 0 Å². The molecular weight excluding hydrogens is 564 g/mol. The van der Waals surface area contributed by atoms with Gasteiger partial charge in [-0.2, -0.15) is 0 Å². The number of benzene rings is 1. The van der Waals surface area contributed by atoms with Crippen LogP contribution < -0.4 is 0 Å². The molecule has 1 aromatic carbocycles. The maximum absolute atomic E-state index is 10.6. The molecule has 15 nitrogen and oxygen atoms in total. The molecule has 5 rings (SSSR count). The SMILES string of the molecule is OC[C@H]1O[C@H](OC2=CC(O)=CC3[OH+]C(c4ccc(O)cc4)=C(O[C@H]4O[C@H](CO)[C@@H](O)[C@H](O)[C@H]4O)C=C23)[C@H](O)[C@@H](O)[C@@H]1O. The summed E-state index contributed by atoms with van der Waals surface area (Å²) < 4.78 is 27.3. The molecule has 230 valence electrons. The second-order valence-corrected chi connectivity index (χ2v) is 10.2. The molecule has 0 saturated carbocycles. The number of fused-ring (bicyclic) bond motifs is 1. The van der Waals surface area contributed by atoms with Crippen molar-refractivity contribution >= 4 is 5.76 Å². The molecule has 1 aromatic rings. The third kappa shape index (κ3) is 5.71. The number of phenolic OH excluding ortho intramolecular Hbond substituents is 1. The van der Waals surface area contributed by atoms with Gasteiger partial charge in [0.1, 0.15) is 66.1 Å². The number of hydrogen-bond acceptors (Lipinski definition) is 14. The molecule has 4 aliphatic rings. The quantitative estimate of drug-likeness (QED) is 0.140. The molecule has 2 saturated heterocycles. The van der Waals surface area contributed by atoms with Crippen molar-refractivity contribution in [2.45, 2.75) is 67.5 Å². The number of phenols is 1. The Labute approximate surface area is 238 Å². The normalized spacial score (nSPS) is 38.5. The zero-order valence-electron chi connectivity index (χ0n) is 21.9. The number of aromatic hydroxyl groups is 1. The fourth-order valence-electron chi connectivity index (χ4n) is 4.95. The first-order valence-corrected chi connectivity index (χ1v) is 13.1. The summed E-state index contributed by atoms with van der Waals surface area (Å²) in [5.74, 6) is -0.277. The van der Waals surface area contributed by atoms with Gasteiger partial charge in [0.05, 0.1) is 30.4 Å². The first kappa shape index (κ1) is 30.2. The summed E-state index contributed by atoms with van der Waals surface area (Å²) in [6.45, 7) is -1.38. The highest BCUT2D eigenvalue weighted by molar-refractivity contribution is 5.68. The summed E-state index contributed by atoms with van der Waals surface area (Å²) >= 11 is 0. The van der Waals surface area contributed by atoms with Gasteiger partial charge in [0, 0.05) is 12.2 Å². The van der Waals surface area contributed by atoms with E-state index in [0.717, 1.165) is 0 Å². The van der Waals surface area contributed by atoms with Crippen LogP contribution in [-0.4, -0.2) is 137 Å². The van der Waals surface area contributed by atoms with Gasteiger partial charge in [0.2, 0.25) is 24.4 Å². The molecule has 0 aromatic heterocycles. The standard InChI is InChI=1S/C27H32O15/c28-8-17-19(32)21(34)23(36)26(41-17)39-15-6-12(31)5-14-13(15)7-16(25(38-14)10-1-3-11(30)4-2-10)40-27-24(37)22(35)20(33)18(9-29)42-27/h1-7,14,17-24,26-37H,8-9H2/p+1/t14?,17-,18-,19-,20-,21+,22+,23-,24-,26+,27+/m1/s1. The Bertz CT molecular complexity index is 1250. The van der Waals surface area contributed by atoms with Crippen molar-refractivity contribution in [3.63, 3.8) is 0 Å². The van der Waals surface area contributed by atoms with Crippen LogP contribution in [0.4, 0.5) is 0 Å². The van der Waals surface area contributed by atoms with E-state index >= 15 is 0 Å². The summed E-state index contributed by atoms with van der Waals surface area (Å²) in [6.07, 6.45) is -12.8. The molecule has 11 atom stereocenters. The molecule has 1 aliphatic carbocycles. The Kier molecular flexibility index (Phi) is 8.77. The summed E-state index contributed by atoms with van der Waals surface area (Å²) in [6, 6.07) is 5.84. The number of ether oxygens (including phenoxy) is 5. The minimum atomic E-state index is -1.75. The minimum Gasteiger partial charge on any atom is -0.571 e. The molecule has 3 aliphatic heterocycles. The van der Waals surface area contributed by atoms with E-state index in [1.807, 2.05) is 0 Å². The Morgan fingerprint density at radius 3 is 1.79 bits per heavy atom. The van der Waals surface area contributed by atoms with Crippen molar-refractivity contribution in [1.82, 2.24) is 0 Å². The first-order valence-electron chi connectivity index (χ1n) is 13.1.